The monoisotopic (exact) mass is 412 g/mol. The highest BCUT2D eigenvalue weighted by Gasteiger charge is 2.26. The van der Waals surface area contributed by atoms with Crippen LogP contribution < -0.4 is 0 Å². The van der Waals surface area contributed by atoms with E-state index in [-0.39, 0.29) is 18.1 Å². The zero-order valence-electron chi connectivity index (χ0n) is 16.5. The van der Waals surface area contributed by atoms with Crippen molar-refractivity contribution >= 4 is 17.7 Å². The summed E-state index contributed by atoms with van der Waals surface area (Å²) in [6.07, 6.45) is 1.73. The number of nitrogens with zero attached hydrogens (tertiary/aromatic N) is 4. The number of thioether (sulfide) groups is 1. The molecule has 0 aliphatic carbocycles. The Morgan fingerprint density at radius 1 is 1.10 bits per heavy atom. The van der Waals surface area contributed by atoms with E-state index in [1.165, 1.54) is 11.8 Å². The van der Waals surface area contributed by atoms with Gasteiger partial charge in [-0.15, -0.1) is 10.2 Å². The number of amides is 1. The summed E-state index contributed by atoms with van der Waals surface area (Å²) in [4.78, 5) is 14.6. The third-order valence-corrected chi connectivity index (χ3v) is 5.69. The van der Waals surface area contributed by atoms with Crippen LogP contribution in [0.2, 0.25) is 0 Å². The molecule has 0 saturated carbocycles. The number of furan rings is 1. The van der Waals surface area contributed by atoms with Crippen LogP contribution in [0.25, 0.3) is 11.6 Å². The number of hydrogen-bond donors (Lipinski definition) is 0. The van der Waals surface area contributed by atoms with Gasteiger partial charge in [-0.2, -0.15) is 0 Å². The Kier molecular flexibility index (Phi) is 6.01. The Balaban J connectivity index is 1.51. The smallest absolute Gasteiger partial charge is 0.233 e. The van der Waals surface area contributed by atoms with E-state index in [4.69, 9.17) is 9.15 Å². The van der Waals surface area contributed by atoms with Crippen molar-refractivity contribution in [3.05, 3.63) is 54.3 Å². The first kappa shape index (κ1) is 19.7. The molecule has 4 rings (SSSR count). The van der Waals surface area contributed by atoms with Gasteiger partial charge in [0, 0.05) is 13.1 Å². The third kappa shape index (κ3) is 4.71. The van der Waals surface area contributed by atoms with E-state index < -0.39 is 0 Å². The van der Waals surface area contributed by atoms with Crippen LogP contribution in [0.4, 0.5) is 0 Å². The average molecular weight is 413 g/mol. The minimum atomic E-state index is 0.0555. The molecule has 1 saturated heterocycles. The van der Waals surface area contributed by atoms with Gasteiger partial charge in [0.05, 0.1) is 30.8 Å². The Morgan fingerprint density at radius 2 is 1.86 bits per heavy atom. The van der Waals surface area contributed by atoms with Gasteiger partial charge in [-0.3, -0.25) is 9.36 Å². The number of rotatable bonds is 6. The number of carbonyl (C=O) groups is 1. The minimum Gasteiger partial charge on any atom is -0.461 e. The molecule has 0 N–H and O–H groups in total. The summed E-state index contributed by atoms with van der Waals surface area (Å²) in [7, 11) is 0. The molecule has 2 aromatic heterocycles. The van der Waals surface area contributed by atoms with Gasteiger partial charge in [-0.05, 0) is 31.5 Å². The highest BCUT2D eigenvalue weighted by atomic mass is 32.2. The van der Waals surface area contributed by atoms with E-state index in [0.717, 1.165) is 5.56 Å². The molecule has 3 heterocycles. The molecule has 7 nitrogen and oxygen atoms in total. The molecular formula is C21H24N4O3S. The van der Waals surface area contributed by atoms with Crippen molar-refractivity contribution in [2.24, 2.45) is 0 Å². The number of aromatic nitrogens is 3. The molecule has 1 fully saturated rings. The lowest BCUT2D eigenvalue weighted by Gasteiger charge is -2.35. The normalized spacial score (nSPS) is 19.4. The first-order valence-electron chi connectivity index (χ1n) is 9.67. The van der Waals surface area contributed by atoms with Crippen LogP contribution >= 0.6 is 11.8 Å². The molecule has 29 heavy (non-hydrogen) atoms. The number of benzene rings is 1. The fourth-order valence-electron chi connectivity index (χ4n) is 3.49. The lowest BCUT2D eigenvalue weighted by Crippen LogP contribution is -2.48. The maximum Gasteiger partial charge on any atom is 0.233 e. The highest BCUT2D eigenvalue weighted by molar-refractivity contribution is 7.99. The number of carbonyl (C=O) groups excluding carboxylic acids is 1. The van der Waals surface area contributed by atoms with Crippen LogP contribution in [-0.2, 0) is 16.1 Å². The van der Waals surface area contributed by atoms with Crippen LogP contribution in [-0.4, -0.2) is 56.6 Å². The first-order valence-corrected chi connectivity index (χ1v) is 10.7. The van der Waals surface area contributed by atoms with Crippen molar-refractivity contribution in [2.75, 3.05) is 18.8 Å². The number of hydrogen-bond acceptors (Lipinski definition) is 6. The molecule has 0 radical (unpaired) electrons. The van der Waals surface area contributed by atoms with Gasteiger partial charge in [-0.25, -0.2) is 0 Å². The zero-order chi connectivity index (χ0) is 20.2. The van der Waals surface area contributed by atoms with Crippen molar-refractivity contribution in [2.45, 2.75) is 37.8 Å². The minimum absolute atomic E-state index is 0.0555. The molecule has 1 aliphatic rings. The summed E-state index contributed by atoms with van der Waals surface area (Å²) in [6, 6.07) is 13.8. The van der Waals surface area contributed by atoms with Crippen molar-refractivity contribution in [1.29, 1.82) is 0 Å². The van der Waals surface area contributed by atoms with E-state index in [1.807, 2.05) is 53.6 Å². The zero-order valence-corrected chi connectivity index (χ0v) is 17.3. The van der Waals surface area contributed by atoms with E-state index in [0.29, 0.717) is 42.1 Å². The van der Waals surface area contributed by atoms with Gasteiger partial charge in [0.25, 0.3) is 0 Å². The summed E-state index contributed by atoms with van der Waals surface area (Å²) in [5, 5.41) is 9.36. The quantitative estimate of drug-likeness (QED) is 0.579. The molecule has 1 aliphatic heterocycles. The van der Waals surface area contributed by atoms with Crippen LogP contribution in [0.15, 0.2) is 58.3 Å². The van der Waals surface area contributed by atoms with Gasteiger partial charge in [0.1, 0.15) is 0 Å². The van der Waals surface area contributed by atoms with Crippen LogP contribution in [0.3, 0.4) is 0 Å². The van der Waals surface area contributed by atoms with Gasteiger partial charge < -0.3 is 14.1 Å². The van der Waals surface area contributed by atoms with E-state index in [2.05, 4.69) is 22.3 Å². The molecule has 2 atom stereocenters. The molecule has 0 bridgehead atoms. The molecule has 0 spiro atoms. The lowest BCUT2D eigenvalue weighted by atomic mass is 10.2. The summed E-state index contributed by atoms with van der Waals surface area (Å²) in [5.74, 6) is 1.71. The summed E-state index contributed by atoms with van der Waals surface area (Å²) >= 11 is 1.40. The second-order valence-electron chi connectivity index (χ2n) is 7.20. The van der Waals surface area contributed by atoms with Crippen molar-refractivity contribution in [3.63, 3.8) is 0 Å². The highest BCUT2D eigenvalue weighted by Crippen LogP contribution is 2.26. The maximum atomic E-state index is 12.7. The van der Waals surface area contributed by atoms with E-state index in [1.54, 1.807) is 6.26 Å². The summed E-state index contributed by atoms with van der Waals surface area (Å²) in [5.41, 5.74) is 1.13. The Morgan fingerprint density at radius 3 is 2.55 bits per heavy atom. The second-order valence-corrected chi connectivity index (χ2v) is 8.14. The number of ether oxygens (including phenoxy) is 1. The Bertz CT molecular complexity index is 932. The topological polar surface area (TPSA) is 73.4 Å². The molecule has 0 unspecified atom stereocenters. The molecule has 3 aromatic rings. The standard InChI is InChI=1S/C21H24N4O3S/c1-15-11-24(12-16(2)28-15)19(26)14-29-21-23-22-20(18-9-6-10-27-18)25(21)13-17-7-4-3-5-8-17/h3-10,15-16H,11-14H2,1-2H3/t15-,16+. The third-order valence-electron chi connectivity index (χ3n) is 4.74. The van der Waals surface area contributed by atoms with Crippen molar-refractivity contribution in [3.8, 4) is 11.6 Å². The van der Waals surface area contributed by atoms with Gasteiger partial charge in [-0.1, -0.05) is 42.1 Å². The first-order chi connectivity index (χ1) is 14.1. The van der Waals surface area contributed by atoms with E-state index in [9.17, 15) is 4.79 Å². The maximum absolute atomic E-state index is 12.7. The predicted molar refractivity (Wildman–Crippen MR) is 111 cm³/mol. The summed E-state index contributed by atoms with van der Waals surface area (Å²) in [6.45, 7) is 5.84. The largest absolute Gasteiger partial charge is 0.461 e. The molecule has 1 amide bonds. The van der Waals surface area contributed by atoms with Crippen LogP contribution in [0.5, 0.6) is 0 Å². The van der Waals surface area contributed by atoms with Crippen LogP contribution in [0, 0.1) is 0 Å². The fraction of sp³-hybridized carbons (Fsp3) is 0.381. The summed E-state index contributed by atoms with van der Waals surface area (Å²) < 4.78 is 13.3. The molecule has 1 aromatic carbocycles. The van der Waals surface area contributed by atoms with E-state index >= 15 is 0 Å². The van der Waals surface area contributed by atoms with Gasteiger partial charge in [0.15, 0.2) is 10.9 Å². The van der Waals surface area contributed by atoms with Crippen LogP contribution in [0.1, 0.15) is 19.4 Å². The average Bonchev–Trinajstić information content (AvgIpc) is 3.36. The lowest BCUT2D eigenvalue weighted by molar-refractivity contribution is -0.140. The predicted octanol–water partition coefficient (Wildman–Crippen LogP) is 3.31. The van der Waals surface area contributed by atoms with Gasteiger partial charge in [0.2, 0.25) is 11.7 Å². The Labute approximate surface area is 174 Å². The molecule has 152 valence electrons. The molecular weight excluding hydrogens is 388 g/mol. The van der Waals surface area contributed by atoms with Crippen molar-refractivity contribution < 1.29 is 13.9 Å². The fourth-order valence-corrected chi connectivity index (χ4v) is 4.33. The molecule has 8 heteroatoms. The number of morpholine rings is 1. The van der Waals surface area contributed by atoms with Gasteiger partial charge >= 0.3 is 0 Å². The Hall–Kier alpha value is -2.58. The SMILES string of the molecule is C[C@@H]1CN(C(=O)CSc2nnc(-c3ccco3)n2Cc2ccccc2)C[C@H](C)O1. The second kappa shape index (κ2) is 8.84. The van der Waals surface area contributed by atoms with Crippen molar-refractivity contribution in [1.82, 2.24) is 19.7 Å².